The summed E-state index contributed by atoms with van der Waals surface area (Å²) in [5.74, 6) is 0. The van der Waals surface area contributed by atoms with E-state index in [0.717, 1.165) is 34.5 Å². The molecule has 27 heavy (non-hydrogen) atoms. The Bertz CT molecular complexity index is 980. The predicted molar refractivity (Wildman–Crippen MR) is 107 cm³/mol. The Morgan fingerprint density at radius 1 is 1.19 bits per heavy atom. The van der Waals surface area contributed by atoms with E-state index in [1.54, 1.807) is 26.1 Å². The van der Waals surface area contributed by atoms with Crippen LogP contribution in [0.5, 0.6) is 0 Å². The number of nitrogens with one attached hydrogen (secondary N) is 1. The van der Waals surface area contributed by atoms with E-state index >= 15 is 0 Å². The number of halogens is 2. The van der Waals surface area contributed by atoms with E-state index in [2.05, 4.69) is 10.4 Å². The fraction of sp³-hybridized carbons (Fsp3) is 0.200. The predicted octanol–water partition coefficient (Wildman–Crippen LogP) is 5.03. The SMILES string of the molecule is Cc1nn(CC=O)c(C)c1-c1ccccc1Nc1cccc(C(F)(F)P)c1. The van der Waals surface area contributed by atoms with Crippen LogP contribution in [0.4, 0.5) is 20.2 Å². The summed E-state index contributed by atoms with van der Waals surface area (Å²) in [6.07, 6.45) is 0.807. The Morgan fingerprint density at radius 2 is 1.93 bits per heavy atom. The Hall–Kier alpha value is -2.59. The fourth-order valence-corrected chi connectivity index (χ4v) is 3.28. The van der Waals surface area contributed by atoms with E-state index in [1.165, 1.54) is 12.1 Å². The second-order valence-corrected chi connectivity index (χ2v) is 6.99. The molecule has 0 aliphatic heterocycles. The van der Waals surface area contributed by atoms with Crippen LogP contribution in [0.3, 0.4) is 0 Å². The van der Waals surface area contributed by atoms with Gasteiger partial charge in [0.2, 0.25) is 0 Å². The molecule has 0 radical (unpaired) electrons. The number of aryl methyl sites for hydroxylation is 1. The number of alkyl halides is 2. The van der Waals surface area contributed by atoms with Crippen LogP contribution in [0.25, 0.3) is 11.1 Å². The standard InChI is InChI=1S/C20H20F2N3OP/c1-13-19(14(2)25(24-13)10-11-26)17-8-3-4-9-18(17)23-16-7-5-6-15(12-16)20(21,22)27/h3-9,11-12,23H,10,27H2,1-2H3. The molecule has 3 rings (SSSR count). The molecule has 7 heteroatoms. The fourth-order valence-electron chi connectivity index (χ4n) is 3.10. The van der Waals surface area contributed by atoms with Gasteiger partial charge in [0.15, 0.2) is 0 Å². The molecule has 0 aliphatic carbocycles. The zero-order chi connectivity index (χ0) is 19.6. The van der Waals surface area contributed by atoms with Crippen molar-refractivity contribution in [2.45, 2.75) is 26.1 Å². The second kappa shape index (κ2) is 7.57. The highest BCUT2D eigenvalue weighted by Gasteiger charge is 2.24. The molecular formula is C20H20F2N3OP. The van der Waals surface area contributed by atoms with E-state index in [-0.39, 0.29) is 12.1 Å². The van der Waals surface area contributed by atoms with Gasteiger partial charge in [-0.25, -0.2) is 0 Å². The number of nitrogens with zero attached hydrogens (tertiary/aromatic N) is 2. The number of benzene rings is 2. The van der Waals surface area contributed by atoms with Gasteiger partial charge >= 0.3 is 0 Å². The number of rotatable bonds is 6. The van der Waals surface area contributed by atoms with Gasteiger partial charge in [0, 0.05) is 33.8 Å². The van der Waals surface area contributed by atoms with Gasteiger partial charge in [-0.05, 0) is 32.0 Å². The van der Waals surface area contributed by atoms with E-state index in [0.29, 0.717) is 5.69 Å². The van der Waals surface area contributed by atoms with Crippen molar-refractivity contribution in [2.24, 2.45) is 0 Å². The first-order valence-corrected chi connectivity index (χ1v) is 9.00. The molecule has 1 atom stereocenters. The van der Waals surface area contributed by atoms with Crippen LogP contribution in [0, 0.1) is 13.8 Å². The van der Waals surface area contributed by atoms with Crippen LogP contribution in [-0.4, -0.2) is 16.1 Å². The van der Waals surface area contributed by atoms with Crippen molar-refractivity contribution in [3.63, 3.8) is 0 Å². The molecule has 1 unspecified atom stereocenters. The Labute approximate surface area is 158 Å². The van der Waals surface area contributed by atoms with Crippen LogP contribution in [0.15, 0.2) is 48.5 Å². The molecule has 0 spiro atoms. The van der Waals surface area contributed by atoms with Crippen molar-refractivity contribution in [1.82, 2.24) is 9.78 Å². The second-order valence-electron chi connectivity index (χ2n) is 6.27. The smallest absolute Gasteiger partial charge is 0.283 e. The van der Waals surface area contributed by atoms with Crippen molar-refractivity contribution in [3.05, 3.63) is 65.5 Å². The molecule has 1 aromatic heterocycles. The summed E-state index contributed by atoms with van der Waals surface area (Å²) in [6, 6.07) is 13.8. The molecule has 0 saturated carbocycles. The van der Waals surface area contributed by atoms with E-state index in [1.807, 2.05) is 38.1 Å². The maximum atomic E-state index is 13.6. The van der Waals surface area contributed by atoms with Gasteiger partial charge < -0.3 is 10.1 Å². The largest absolute Gasteiger partial charge is 0.355 e. The van der Waals surface area contributed by atoms with Gasteiger partial charge in [-0.15, -0.1) is 0 Å². The van der Waals surface area contributed by atoms with Gasteiger partial charge in [-0.2, -0.15) is 13.9 Å². The summed E-state index contributed by atoms with van der Waals surface area (Å²) in [5, 5.41) is 7.66. The molecule has 3 aromatic rings. The number of aldehydes is 1. The molecule has 1 N–H and O–H groups in total. The molecule has 0 bridgehead atoms. The molecule has 0 saturated heterocycles. The van der Waals surface area contributed by atoms with E-state index < -0.39 is 5.66 Å². The molecule has 0 aliphatic rings. The zero-order valence-electron chi connectivity index (χ0n) is 15.0. The summed E-state index contributed by atoms with van der Waals surface area (Å²) < 4.78 is 28.8. The van der Waals surface area contributed by atoms with Crippen molar-refractivity contribution < 1.29 is 13.6 Å². The first-order chi connectivity index (χ1) is 12.8. The summed E-state index contributed by atoms with van der Waals surface area (Å²) in [5.41, 5.74) is 1.77. The zero-order valence-corrected chi connectivity index (χ0v) is 16.2. The average Bonchev–Trinajstić information content (AvgIpc) is 2.89. The highest BCUT2D eigenvalue weighted by atomic mass is 31.0. The lowest BCUT2D eigenvalue weighted by molar-refractivity contribution is -0.108. The van der Waals surface area contributed by atoms with Crippen molar-refractivity contribution in [1.29, 1.82) is 0 Å². The quantitative estimate of drug-likeness (QED) is 0.476. The molecule has 2 aromatic carbocycles. The number of hydrogen-bond donors (Lipinski definition) is 1. The lowest BCUT2D eigenvalue weighted by Crippen LogP contribution is -2.04. The van der Waals surface area contributed by atoms with Crippen LogP contribution < -0.4 is 5.32 Å². The molecule has 4 nitrogen and oxygen atoms in total. The first kappa shape index (κ1) is 19.2. The van der Waals surface area contributed by atoms with Crippen LogP contribution in [0.2, 0.25) is 0 Å². The third-order valence-electron chi connectivity index (χ3n) is 4.35. The molecule has 0 amide bonds. The maximum Gasteiger partial charge on any atom is 0.283 e. The molecular weight excluding hydrogens is 367 g/mol. The average molecular weight is 387 g/mol. The van der Waals surface area contributed by atoms with Crippen molar-refractivity contribution in [2.75, 3.05) is 5.32 Å². The number of anilines is 2. The highest BCUT2D eigenvalue weighted by Crippen LogP contribution is 2.38. The third kappa shape index (κ3) is 4.06. The Kier molecular flexibility index (Phi) is 5.38. The monoisotopic (exact) mass is 387 g/mol. The minimum absolute atomic E-state index is 0.0823. The number of carbonyl (C=O) groups is 1. The normalized spacial score (nSPS) is 11.4. The Morgan fingerprint density at radius 3 is 2.63 bits per heavy atom. The van der Waals surface area contributed by atoms with Crippen molar-refractivity contribution in [3.8, 4) is 11.1 Å². The van der Waals surface area contributed by atoms with Gasteiger partial charge in [0.25, 0.3) is 5.66 Å². The van der Waals surface area contributed by atoms with Gasteiger partial charge in [0.05, 0.1) is 12.2 Å². The first-order valence-electron chi connectivity index (χ1n) is 8.42. The van der Waals surface area contributed by atoms with Crippen molar-refractivity contribution >= 4 is 26.9 Å². The lowest BCUT2D eigenvalue weighted by atomic mass is 10.0. The number of aromatic nitrogens is 2. The number of para-hydroxylation sites is 1. The summed E-state index contributed by atoms with van der Waals surface area (Å²) in [4.78, 5) is 10.9. The van der Waals surface area contributed by atoms with E-state index in [4.69, 9.17) is 0 Å². The molecule has 140 valence electrons. The topological polar surface area (TPSA) is 46.9 Å². The van der Waals surface area contributed by atoms with Gasteiger partial charge in [-0.1, -0.05) is 39.6 Å². The van der Waals surface area contributed by atoms with E-state index in [9.17, 15) is 13.6 Å². The van der Waals surface area contributed by atoms with Crippen LogP contribution in [0.1, 0.15) is 17.0 Å². The minimum atomic E-state index is -2.99. The van der Waals surface area contributed by atoms with Crippen LogP contribution in [-0.2, 0) is 17.0 Å². The summed E-state index contributed by atoms with van der Waals surface area (Å²) in [7, 11) is 1.55. The number of carbonyl (C=O) groups excluding carboxylic acids is 1. The molecule has 1 heterocycles. The summed E-state index contributed by atoms with van der Waals surface area (Å²) in [6.45, 7) is 3.98. The number of hydrogen-bond acceptors (Lipinski definition) is 3. The Balaban J connectivity index is 2.03. The third-order valence-corrected chi connectivity index (χ3v) is 4.69. The minimum Gasteiger partial charge on any atom is -0.355 e. The van der Waals surface area contributed by atoms with Gasteiger partial charge in [-0.3, -0.25) is 4.68 Å². The molecule has 0 fully saturated rings. The van der Waals surface area contributed by atoms with Gasteiger partial charge in [0.1, 0.15) is 6.29 Å². The highest BCUT2D eigenvalue weighted by molar-refractivity contribution is 7.17. The van der Waals surface area contributed by atoms with Crippen LogP contribution >= 0.6 is 9.24 Å². The maximum absolute atomic E-state index is 13.6. The summed E-state index contributed by atoms with van der Waals surface area (Å²) >= 11 is 0. The lowest BCUT2D eigenvalue weighted by Gasteiger charge is -2.15.